The molecule has 2 rings (SSSR count). The number of rotatable bonds is 8. The highest BCUT2D eigenvalue weighted by Crippen LogP contribution is 2.15. The fraction of sp³-hybridized carbons (Fsp3) is 0.250. The van der Waals surface area contributed by atoms with Gasteiger partial charge in [0.1, 0.15) is 0 Å². The molecular formula is C16H18BrN3O3S. The molecule has 0 radical (unpaired) electrons. The zero-order valence-electron chi connectivity index (χ0n) is 12.9. The first kappa shape index (κ1) is 18.6. The molecule has 0 aliphatic heterocycles. The average Bonchev–Trinajstić information content (AvgIpc) is 2.56. The number of halogens is 1. The van der Waals surface area contributed by atoms with Crippen LogP contribution in [0, 0.1) is 0 Å². The highest BCUT2D eigenvalue weighted by molar-refractivity contribution is 9.10. The molecule has 0 saturated carbocycles. The van der Waals surface area contributed by atoms with E-state index in [1.54, 1.807) is 18.3 Å². The second kappa shape index (κ2) is 8.91. The Kier molecular flexibility index (Phi) is 6.89. The Morgan fingerprint density at radius 2 is 1.96 bits per heavy atom. The lowest BCUT2D eigenvalue weighted by Crippen LogP contribution is -2.31. The number of carbonyl (C=O) groups excluding carboxylic acids is 1. The quantitative estimate of drug-likeness (QED) is 0.693. The van der Waals surface area contributed by atoms with Crippen molar-refractivity contribution >= 4 is 31.9 Å². The molecule has 0 aliphatic carbocycles. The Balaban J connectivity index is 1.72. The SMILES string of the molecule is O=C(CCNS(=O)(=O)c1cccc(Br)c1)NCCc1ccccn1. The van der Waals surface area contributed by atoms with Crippen molar-refractivity contribution in [2.24, 2.45) is 0 Å². The first-order valence-electron chi connectivity index (χ1n) is 7.39. The fourth-order valence-electron chi connectivity index (χ4n) is 1.98. The summed E-state index contributed by atoms with van der Waals surface area (Å²) in [6, 6.07) is 12.0. The van der Waals surface area contributed by atoms with Gasteiger partial charge >= 0.3 is 0 Å². The van der Waals surface area contributed by atoms with Crippen molar-refractivity contribution in [3.05, 3.63) is 58.8 Å². The molecule has 0 saturated heterocycles. The fourth-order valence-corrected chi connectivity index (χ4v) is 3.61. The minimum atomic E-state index is -3.61. The zero-order chi connectivity index (χ0) is 17.4. The van der Waals surface area contributed by atoms with Gasteiger partial charge < -0.3 is 5.32 Å². The predicted molar refractivity (Wildman–Crippen MR) is 94.9 cm³/mol. The highest BCUT2D eigenvalue weighted by Gasteiger charge is 2.14. The Morgan fingerprint density at radius 3 is 2.67 bits per heavy atom. The number of sulfonamides is 1. The first-order valence-corrected chi connectivity index (χ1v) is 9.67. The Bertz CT molecular complexity index is 782. The monoisotopic (exact) mass is 411 g/mol. The number of carbonyl (C=O) groups is 1. The molecule has 2 aromatic rings. The molecule has 1 heterocycles. The summed E-state index contributed by atoms with van der Waals surface area (Å²) in [5, 5.41) is 2.75. The summed E-state index contributed by atoms with van der Waals surface area (Å²) in [6.07, 6.45) is 2.42. The van der Waals surface area contributed by atoms with E-state index in [1.807, 2.05) is 18.2 Å². The largest absolute Gasteiger partial charge is 0.356 e. The summed E-state index contributed by atoms with van der Waals surface area (Å²) in [5.74, 6) is -0.206. The van der Waals surface area contributed by atoms with Gasteiger partial charge in [0.25, 0.3) is 0 Å². The Labute approximate surface area is 149 Å². The third-order valence-electron chi connectivity index (χ3n) is 3.18. The van der Waals surface area contributed by atoms with Crippen molar-refractivity contribution in [3.8, 4) is 0 Å². The van der Waals surface area contributed by atoms with Gasteiger partial charge in [0.2, 0.25) is 15.9 Å². The molecule has 6 nitrogen and oxygen atoms in total. The zero-order valence-corrected chi connectivity index (χ0v) is 15.3. The molecule has 0 spiro atoms. The van der Waals surface area contributed by atoms with Gasteiger partial charge in [-0.25, -0.2) is 13.1 Å². The van der Waals surface area contributed by atoms with Gasteiger partial charge in [-0.2, -0.15) is 0 Å². The van der Waals surface area contributed by atoms with Gasteiger partial charge in [0.15, 0.2) is 0 Å². The average molecular weight is 412 g/mol. The van der Waals surface area contributed by atoms with Crippen molar-refractivity contribution in [1.82, 2.24) is 15.0 Å². The van der Waals surface area contributed by atoms with Gasteiger partial charge in [-0.3, -0.25) is 9.78 Å². The van der Waals surface area contributed by atoms with E-state index >= 15 is 0 Å². The lowest BCUT2D eigenvalue weighted by Gasteiger charge is -2.08. The van der Waals surface area contributed by atoms with Crippen LogP contribution in [-0.4, -0.2) is 32.4 Å². The van der Waals surface area contributed by atoms with Gasteiger partial charge in [-0.1, -0.05) is 28.1 Å². The molecule has 2 N–H and O–H groups in total. The van der Waals surface area contributed by atoms with Crippen molar-refractivity contribution in [1.29, 1.82) is 0 Å². The summed E-state index contributed by atoms with van der Waals surface area (Å²) in [5.41, 5.74) is 0.896. The van der Waals surface area contributed by atoms with Crippen LogP contribution in [0.1, 0.15) is 12.1 Å². The lowest BCUT2D eigenvalue weighted by atomic mass is 10.2. The lowest BCUT2D eigenvalue weighted by molar-refractivity contribution is -0.120. The maximum Gasteiger partial charge on any atom is 0.240 e. The van der Waals surface area contributed by atoms with Crippen molar-refractivity contribution in [3.63, 3.8) is 0 Å². The predicted octanol–water partition coefficient (Wildman–Crippen LogP) is 1.87. The third kappa shape index (κ3) is 6.03. The number of aromatic nitrogens is 1. The van der Waals surface area contributed by atoms with Gasteiger partial charge in [-0.05, 0) is 30.3 Å². The summed E-state index contributed by atoms with van der Waals surface area (Å²) in [4.78, 5) is 16.1. The maximum absolute atomic E-state index is 12.1. The van der Waals surface area contributed by atoms with Crippen LogP contribution in [0.25, 0.3) is 0 Å². The molecule has 0 unspecified atom stereocenters. The second-order valence-electron chi connectivity index (χ2n) is 5.03. The van der Waals surface area contributed by atoms with E-state index < -0.39 is 10.0 Å². The first-order chi connectivity index (χ1) is 11.5. The summed E-state index contributed by atoms with van der Waals surface area (Å²) >= 11 is 3.23. The topological polar surface area (TPSA) is 88.2 Å². The number of nitrogens with zero attached hydrogens (tertiary/aromatic N) is 1. The molecular weight excluding hydrogens is 394 g/mol. The number of pyridine rings is 1. The van der Waals surface area contributed by atoms with E-state index in [-0.39, 0.29) is 23.8 Å². The molecule has 1 amide bonds. The van der Waals surface area contributed by atoms with Crippen molar-refractivity contribution < 1.29 is 13.2 Å². The molecule has 1 aromatic heterocycles. The van der Waals surface area contributed by atoms with E-state index in [4.69, 9.17) is 0 Å². The van der Waals surface area contributed by atoms with Crippen molar-refractivity contribution in [2.45, 2.75) is 17.7 Å². The second-order valence-corrected chi connectivity index (χ2v) is 7.71. The Hall–Kier alpha value is -1.77. The molecule has 1 aromatic carbocycles. The molecule has 0 fully saturated rings. The minimum absolute atomic E-state index is 0.0459. The van der Waals surface area contributed by atoms with Crippen LogP contribution in [0.15, 0.2) is 58.0 Å². The highest BCUT2D eigenvalue weighted by atomic mass is 79.9. The maximum atomic E-state index is 12.1. The van der Waals surface area contributed by atoms with Crippen LogP contribution in [0.5, 0.6) is 0 Å². The van der Waals surface area contributed by atoms with E-state index in [0.29, 0.717) is 17.4 Å². The standard InChI is InChI=1S/C16H18BrN3O3S/c17-13-4-3-6-15(12-13)24(22,23)20-11-8-16(21)19-10-7-14-5-1-2-9-18-14/h1-6,9,12,20H,7-8,10-11H2,(H,19,21). The number of benzene rings is 1. The normalized spacial score (nSPS) is 11.2. The van der Waals surface area contributed by atoms with E-state index in [1.165, 1.54) is 12.1 Å². The molecule has 0 aliphatic rings. The van der Waals surface area contributed by atoms with E-state index in [2.05, 4.69) is 31.0 Å². The summed E-state index contributed by atoms with van der Waals surface area (Å²) < 4.78 is 27.3. The smallest absolute Gasteiger partial charge is 0.240 e. The van der Waals surface area contributed by atoms with Gasteiger partial charge in [0, 0.05) is 42.3 Å². The van der Waals surface area contributed by atoms with Crippen LogP contribution < -0.4 is 10.0 Å². The van der Waals surface area contributed by atoms with Crippen LogP contribution in [0.2, 0.25) is 0 Å². The molecule has 128 valence electrons. The van der Waals surface area contributed by atoms with E-state index in [9.17, 15) is 13.2 Å². The number of amides is 1. The molecule has 0 bridgehead atoms. The van der Waals surface area contributed by atoms with Crippen LogP contribution in [0.4, 0.5) is 0 Å². The van der Waals surface area contributed by atoms with Crippen LogP contribution in [0.3, 0.4) is 0 Å². The van der Waals surface area contributed by atoms with Gasteiger partial charge in [-0.15, -0.1) is 0 Å². The minimum Gasteiger partial charge on any atom is -0.356 e. The Morgan fingerprint density at radius 1 is 1.12 bits per heavy atom. The van der Waals surface area contributed by atoms with Crippen LogP contribution in [-0.2, 0) is 21.2 Å². The molecule has 0 atom stereocenters. The van der Waals surface area contributed by atoms with E-state index in [0.717, 1.165) is 5.69 Å². The molecule has 24 heavy (non-hydrogen) atoms. The summed E-state index contributed by atoms with van der Waals surface area (Å²) in [7, 11) is -3.61. The number of hydrogen-bond donors (Lipinski definition) is 2. The molecule has 8 heteroatoms. The van der Waals surface area contributed by atoms with Gasteiger partial charge in [0.05, 0.1) is 4.90 Å². The third-order valence-corrected chi connectivity index (χ3v) is 5.13. The summed E-state index contributed by atoms with van der Waals surface area (Å²) in [6.45, 7) is 0.512. The van der Waals surface area contributed by atoms with Crippen molar-refractivity contribution in [2.75, 3.05) is 13.1 Å². The number of nitrogens with one attached hydrogen (secondary N) is 2. The van der Waals surface area contributed by atoms with Crippen LogP contribution >= 0.6 is 15.9 Å². The number of hydrogen-bond acceptors (Lipinski definition) is 4.